The predicted molar refractivity (Wildman–Crippen MR) is 18.4 cm³/mol. The molecule has 0 heterocycles. The molecule has 0 aliphatic heterocycles. The number of carboxylic acid groups (broad SMARTS) is 1. The third-order valence-corrected chi connectivity index (χ3v) is 0. The number of carbonyl (C=O) groups excluding carboxylic acids is 1. The first-order valence-electron chi connectivity index (χ1n) is 0.908. The predicted octanol–water partition coefficient (Wildman–Crippen LogP) is -1.80. The van der Waals surface area contributed by atoms with Gasteiger partial charge in [0.2, 0.25) is 0 Å². The van der Waals surface area contributed by atoms with E-state index in [4.69, 9.17) is 9.90 Å². The Labute approximate surface area is 72.9 Å². The van der Waals surface area contributed by atoms with Crippen LogP contribution in [-0.4, -0.2) is 56.9 Å². The fourth-order valence-corrected chi connectivity index (χ4v) is 0. The van der Waals surface area contributed by atoms with Gasteiger partial charge in [-0.25, -0.2) is 0 Å². The Kier molecular flexibility index (Phi) is 24.5. The van der Waals surface area contributed by atoms with E-state index in [1.165, 1.54) is 0 Å². The monoisotopic (exact) mass is 164 g/mol. The zero-order chi connectivity index (χ0) is 3.58. The molecule has 0 aromatic carbocycles. The first kappa shape index (κ1) is 15.8. The maximum Gasteiger partial charge on any atom is 2.00 e. The molecule has 0 aromatic heterocycles. The minimum atomic E-state index is -1.08. The van der Waals surface area contributed by atoms with E-state index in [-0.39, 0.29) is 51.0 Å². The van der Waals surface area contributed by atoms with Crippen molar-refractivity contribution in [2.75, 3.05) is 0 Å². The number of aliphatic carboxylic acids is 1. The van der Waals surface area contributed by atoms with Gasteiger partial charge in [0.15, 0.2) is 0 Å². The normalized spacial score (nSPS) is 4.17. The van der Waals surface area contributed by atoms with Crippen molar-refractivity contribution in [2.24, 2.45) is 0 Å². The molecule has 32 valence electrons. The summed E-state index contributed by atoms with van der Waals surface area (Å²) in [6, 6.07) is 0. The summed E-state index contributed by atoms with van der Waals surface area (Å²) in [6.45, 7) is 0.972. The summed E-state index contributed by atoms with van der Waals surface area (Å²) in [7, 11) is 0. The summed E-state index contributed by atoms with van der Waals surface area (Å²) in [5, 5.41) is 8.89. The van der Waals surface area contributed by atoms with Crippen molar-refractivity contribution in [3.63, 3.8) is 0 Å². The third-order valence-electron chi connectivity index (χ3n) is 0. The maximum absolute atomic E-state index is 8.89. The second kappa shape index (κ2) is 9.32. The van der Waals surface area contributed by atoms with Crippen LogP contribution in [0.5, 0.6) is 0 Å². The Hall–Kier alpha value is 0.911. The first-order valence-corrected chi connectivity index (χ1v) is 0.908. The van der Waals surface area contributed by atoms with Gasteiger partial charge in [0, 0.05) is 5.97 Å². The number of hydrogen-bond acceptors (Lipinski definition) is 3. The van der Waals surface area contributed by atoms with Crippen LogP contribution in [0.15, 0.2) is 0 Å². The number of carboxylic acids is 1. The van der Waals surface area contributed by atoms with Crippen molar-refractivity contribution in [3.8, 4) is 0 Å². The molecule has 0 rings (SSSR count). The Bertz CT molecular complexity index is 31.8. The van der Waals surface area contributed by atoms with E-state index in [9.17, 15) is 0 Å². The minimum Gasteiger partial charge on any atom is -0.870 e. The van der Waals surface area contributed by atoms with Crippen LogP contribution in [0.4, 0.5) is 0 Å². The third kappa shape index (κ3) is 90.6. The van der Waals surface area contributed by atoms with E-state index in [0.29, 0.717) is 0 Å². The smallest absolute Gasteiger partial charge is 0.870 e. The summed E-state index contributed by atoms with van der Waals surface area (Å²) in [5.74, 6) is -1.08. The summed E-state index contributed by atoms with van der Waals surface area (Å²) in [5.41, 5.74) is 0. The van der Waals surface area contributed by atoms with Crippen molar-refractivity contribution in [1.29, 1.82) is 0 Å². The standard InChI is InChI=1S/C2H4O2.H2O.Sr/c1-2(3)4;;/h1H3,(H,3,4);1H2;/q;;+2/p-2. The van der Waals surface area contributed by atoms with Gasteiger partial charge < -0.3 is 15.4 Å². The van der Waals surface area contributed by atoms with Gasteiger partial charge >= 0.3 is 45.5 Å². The van der Waals surface area contributed by atoms with Gasteiger partial charge in [-0.1, -0.05) is 0 Å². The molecule has 4 heteroatoms. The van der Waals surface area contributed by atoms with Crippen molar-refractivity contribution >= 4 is 51.5 Å². The second-order valence-corrected chi connectivity index (χ2v) is 0.492. The molecule has 1 N–H and O–H groups in total. The first-order chi connectivity index (χ1) is 1.73. The Morgan fingerprint density at radius 2 is 1.67 bits per heavy atom. The van der Waals surface area contributed by atoms with Crippen LogP contribution in [0.3, 0.4) is 0 Å². The molecule has 0 saturated carbocycles. The SMILES string of the molecule is CC(=O)[O-].[OH-].[Sr+2]. The largest absolute Gasteiger partial charge is 2.00 e. The van der Waals surface area contributed by atoms with Gasteiger partial charge in [0.1, 0.15) is 0 Å². The second-order valence-electron chi connectivity index (χ2n) is 0.492. The molecule has 0 saturated heterocycles. The van der Waals surface area contributed by atoms with Gasteiger partial charge in [-0.15, -0.1) is 0 Å². The summed E-state index contributed by atoms with van der Waals surface area (Å²) < 4.78 is 0. The Morgan fingerprint density at radius 1 is 1.67 bits per heavy atom. The molecule has 0 unspecified atom stereocenters. The number of carbonyl (C=O) groups is 1. The molecule has 0 aliphatic rings. The van der Waals surface area contributed by atoms with Crippen molar-refractivity contribution in [1.82, 2.24) is 0 Å². The summed E-state index contributed by atoms with van der Waals surface area (Å²) in [4.78, 5) is 8.89. The van der Waals surface area contributed by atoms with Crippen LogP contribution >= 0.6 is 0 Å². The maximum atomic E-state index is 8.89. The van der Waals surface area contributed by atoms with E-state index in [1.54, 1.807) is 0 Å². The fraction of sp³-hybridized carbons (Fsp3) is 0.500. The molecule has 0 aliphatic carbocycles. The molecule has 0 aromatic rings. The fourth-order valence-electron chi connectivity index (χ4n) is 0. The van der Waals surface area contributed by atoms with Crippen molar-refractivity contribution in [2.45, 2.75) is 6.92 Å². The Balaban J connectivity index is -0.0000000450. The zero-order valence-electron chi connectivity index (χ0n) is 3.47. The molecule has 0 amide bonds. The van der Waals surface area contributed by atoms with Gasteiger partial charge in [-0.3, -0.25) is 0 Å². The molecular weight excluding hydrogens is 160 g/mol. The molecule has 0 spiro atoms. The molecule has 3 nitrogen and oxygen atoms in total. The van der Waals surface area contributed by atoms with Crippen LogP contribution in [0.1, 0.15) is 6.92 Å². The van der Waals surface area contributed by atoms with Crippen LogP contribution in [0, 0.1) is 0 Å². The molecular formula is C2H4O3Sr. The minimum absolute atomic E-state index is 0. The number of hydrogen-bond donors (Lipinski definition) is 0. The molecule has 0 fully saturated rings. The summed E-state index contributed by atoms with van der Waals surface area (Å²) >= 11 is 0. The van der Waals surface area contributed by atoms with Gasteiger partial charge in [-0.05, 0) is 6.92 Å². The van der Waals surface area contributed by atoms with Gasteiger partial charge in [0.25, 0.3) is 0 Å². The van der Waals surface area contributed by atoms with Crippen molar-refractivity contribution in [3.05, 3.63) is 0 Å². The van der Waals surface area contributed by atoms with E-state index in [0.717, 1.165) is 6.92 Å². The topological polar surface area (TPSA) is 70.1 Å². The van der Waals surface area contributed by atoms with E-state index < -0.39 is 5.97 Å². The van der Waals surface area contributed by atoms with E-state index in [1.807, 2.05) is 0 Å². The summed E-state index contributed by atoms with van der Waals surface area (Å²) in [6.07, 6.45) is 0. The van der Waals surface area contributed by atoms with Gasteiger partial charge in [-0.2, -0.15) is 0 Å². The molecule has 0 bridgehead atoms. The molecule has 0 radical (unpaired) electrons. The average Bonchev–Trinajstić information content (AvgIpc) is 0.811. The van der Waals surface area contributed by atoms with Gasteiger partial charge in [0.05, 0.1) is 0 Å². The quantitative estimate of drug-likeness (QED) is 0.396. The van der Waals surface area contributed by atoms with E-state index in [2.05, 4.69) is 0 Å². The van der Waals surface area contributed by atoms with Crippen LogP contribution in [0.25, 0.3) is 0 Å². The Morgan fingerprint density at radius 3 is 1.67 bits per heavy atom. The zero-order valence-corrected chi connectivity index (χ0v) is 6.95. The van der Waals surface area contributed by atoms with Crippen LogP contribution < -0.4 is 5.11 Å². The number of rotatable bonds is 0. The van der Waals surface area contributed by atoms with Crippen LogP contribution in [0.2, 0.25) is 0 Å². The van der Waals surface area contributed by atoms with E-state index >= 15 is 0 Å². The molecule has 6 heavy (non-hydrogen) atoms. The average molecular weight is 164 g/mol. The van der Waals surface area contributed by atoms with Crippen molar-refractivity contribution < 1.29 is 15.4 Å². The molecule has 0 atom stereocenters. The van der Waals surface area contributed by atoms with Crippen LogP contribution in [-0.2, 0) is 4.79 Å².